The van der Waals surface area contributed by atoms with Crippen molar-refractivity contribution in [2.24, 2.45) is 17.8 Å². The number of Topliss-reactive ketones (excluding diaryl/α,β-unsaturated/α-hetero) is 5. The smallest absolute Gasteiger partial charge is 0.187 e. The minimum absolute atomic E-state index is 0.0904. The van der Waals surface area contributed by atoms with Gasteiger partial charge in [-0.25, -0.2) is 0 Å². The van der Waals surface area contributed by atoms with Gasteiger partial charge in [-0.1, -0.05) is 270 Å². The zero-order valence-electron chi connectivity index (χ0n) is 78.4. The maximum atomic E-state index is 13.4. The summed E-state index contributed by atoms with van der Waals surface area (Å²) in [7, 11) is 3.31. The van der Waals surface area contributed by atoms with Crippen molar-refractivity contribution in [3.63, 3.8) is 0 Å². The molecular formula is C118H128N6O7. The Kier molecular flexibility index (Phi) is 34.9. The van der Waals surface area contributed by atoms with E-state index in [1.807, 2.05) is 170 Å². The van der Waals surface area contributed by atoms with Gasteiger partial charge in [-0.15, -0.1) is 0 Å². The number of hydrogen-bond acceptors (Lipinski definition) is 13. The zero-order chi connectivity index (χ0) is 92.1. The number of allylic oxidation sites excluding steroid dienone is 2. The number of rotatable bonds is 21. The molecule has 3 saturated carbocycles. The highest BCUT2D eigenvalue weighted by atomic mass is 16.5. The lowest BCUT2D eigenvalue weighted by Gasteiger charge is -2.30. The van der Waals surface area contributed by atoms with Crippen LogP contribution in [0.4, 0.5) is 0 Å². The monoisotopic (exact) mass is 1740 g/mol. The summed E-state index contributed by atoms with van der Waals surface area (Å²) >= 11 is 0. The fourth-order valence-electron chi connectivity index (χ4n) is 17.2. The lowest BCUT2D eigenvalue weighted by atomic mass is 9.79. The second kappa shape index (κ2) is 47.7. The molecule has 131 heavy (non-hydrogen) atoms. The van der Waals surface area contributed by atoms with Crippen LogP contribution in [-0.2, 0) is 24.0 Å². The predicted octanol–water partition coefficient (Wildman–Crippen LogP) is 24.2. The summed E-state index contributed by atoms with van der Waals surface area (Å²) in [5.41, 5.74) is 24.0. The number of aryl methyl sites for hydroxylation is 4. The van der Waals surface area contributed by atoms with Crippen molar-refractivity contribution >= 4 is 89.7 Å². The number of likely N-dealkylation sites (tertiary alicyclic amines) is 4. The summed E-state index contributed by atoms with van der Waals surface area (Å²) in [6, 6.07) is 78.2. The van der Waals surface area contributed by atoms with Crippen molar-refractivity contribution in [3.05, 3.63) is 389 Å². The third-order valence-corrected chi connectivity index (χ3v) is 24.6. The van der Waals surface area contributed by atoms with E-state index >= 15 is 0 Å². The quantitative estimate of drug-likeness (QED) is 0.0630. The van der Waals surface area contributed by atoms with Crippen molar-refractivity contribution in [1.82, 2.24) is 29.6 Å². The molecule has 7 fully saturated rings. The molecule has 7 aliphatic rings. The molecule has 10 aromatic rings. The first kappa shape index (κ1) is 95.8. The van der Waals surface area contributed by atoms with Crippen LogP contribution in [0.15, 0.2) is 311 Å². The second-order valence-corrected chi connectivity index (χ2v) is 36.6. The molecule has 13 nitrogen and oxygen atoms in total. The van der Waals surface area contributed by atoms with Gasteiger partial charge in [0.05, 0.1) is 14.2 Å². The molecule has 17 rings (SSSR count). The summed E-state index contributed by atoms with van der Waals surface area (Å²) in [6.45, 7) is 27.2. The summed E-state index contributed by atoms with van der Waals surface area (Å²) in [5.74, 6) is 4.17. The van der Waals surface area contributed by atoms with Crippen molar-refractivity contribution < 1.29 is 33.4 Å². The molecule has 8 aromatic carbocycles. The average Bonchev–Trinajstić information content (AvgIpc) is 1.60. The first-order chi connectivity index (χ1) is 63.5. The fraction of sp³-hybridized carbons (Fsp3) is 0.297. The number of hydrogen-bond donors (Lipinski definition) is 0. The highest BCUT2D eigenvalue weighted by Crippen LogP contribution is 2.38. The lowest BCUT2D eigenvalue weighted by molar-refractivity contribution is -0.114. The molecule has 672 valence electrons. The number of benzene rings is 8. The number of piperidine rings is 4. The van der Waals surface area contributed by atoms with Crippen LogP contribution < -0.4 is 9.47 Å². The maximum absolute atomic E-state index is 13.4. The van der Waals surface area contributed by atoms with E-state index in [1.54, 1.807) is 39.0 Å². The van der Waals surface area contributed by atoms with Crippen LogP contribution >= 0.6 is 0 Å². The Labute approximate surface area is 777 Å². The van der Waals surface area contributed by atoms with Crippen molar-refractivity contribution in [3.8, 4) is 11.5 Å². The van der Waals surface area contributed by atoms with Crippen LogP contribution in [0.25, 0.3) is 60.8 Å². The SMILES string of the molecule is CCC1C/C(=C\c2ccccc2)C(=O)/C(=C/c2cccnc2)C1.COc1ccccc1/C=C1\CN(CCC(C)C)C/C(=C\c2ccccc2OC)C1=O.Cc1cccc(/C=C2\CN(C3CC3)C/C(=C\c3cccc(C)c3)C2=O)c1.Cc1cccc(/C=C2\CN(CCC(C)C)C/C(=C\c3cccc(C)c3)C2=O)c1.O=C1/C(=C/c2ccccc2)CN(C2CC2)C/C1=C\c1cccnc1. The Hall–Kier alpha value is -12.8. The second-order valence-electron chi connectivity index (χ2n) is 36.6. The molecule has 6 heterocycles. The Morgan fingerprint density at radius 3 is 0.901 bits per heavy atom. The van der Waals surface area contributed by atoms with E-state index in [1.165, 1.54) is 47.9 Å². The van der Waals surface area contributed by atoms with Gasteiger partial charge in [0.1, 0.15) is 11.5 Å². The highest BCUT2D eigenvalue weighted by molar-refractivity contribution is 6.18. The number of aromatic nitrogens is 2. The number of nitrogens with zero attached hydrogens (tertiary/aromatic N) is 6. The molecule has 3 aliphatic carbocycles. The van der Waals surface area contributed by atoms with Gasteiger partial charge in [0.2, 0.25) is 0 Å². The number of ketones is 5. The van der Waals surface area contributed by atoms with Gasteiger partial charge >= 0.3 is 0 Å². The van der Waals surface area contributed by atoms with Gasteiger partial charge in [-0.2, -0.15) is 0 Å². The highest BCUT2D eigenvalue weighted by Gasteiger charge is 2.38. The summed E-state index contributed by atoms with van der Waals surface area (Å²) in [6.07, 6.45) is 37.5. The average molecular weight is 1740 g/mol. The van der Waals surface area contributed by atoms with Gasteiger partial charge < -0.3 is 9.47 Å². The Balaban J connectivity index is 0.000000140. The standard InChI is InChI=1S/C26H31NO3.C26H31NO.C24H25NO.C21H20N2O.C21H21NO/c1-19(2)13-14-27-17-22(15-20-9-5-7-11-24(20)29-3)26(28)23(18-27)16-21-10-6-8-12-25(21)30-4;1-19(2)11-12-27-17-24(15-22-9-5-7-20(3)13-22)26(28)25(18-27)16-23-10-6-8-21(4)14-23;1-17-5-3-7-19(11-17)13-21-15-25(23-9-10-23)16-22(24(21)26)14-20-8-4-6-18(2)12-20;24-21-18(11-16-5-2-1-3-6-16)14-23(20-8-9-20)15-19(21)12-17-7-4-10-22-13-17;1-2-16-11-19(13-17-7-4-3-5-8-17)21(23)20(12-16)14-18-9-6-10-22-15-18/h5-12,15-16,19H,13-14,17-18H2,1-4H3;5-10,13-16,19H,11-12,17-18H2,1-4H3;3-8,11-14,23H,9-10,15-16H2,1-2H3;1-7,10-13,20H,8-9,14-15H2;3-10,13-16H,2,11-12H2,1H3/b22-15+,23-16+;24-15+,25-16+;21-13+,22-14+;18-11+,19-12+;19-13+,20-14+. The van der Waals surface area contributed by atoms with Crippen LogP contribution in [0.1, 0.15) is 170 Å². The molecule has 4 aliphatic heterocycles. The summed E-state index contributed by atoms with van der Waals surface area (Å²) in [4.78, 5) is 83.4. The molecule has 0 radical (unpaired) electrons. The van der Waals surface area contributed by atoms with Crippen LogP contribution in [-0.4, -0.2) is 150 Å². The third-order valence-electron chi connectivity index (χ3n) is 24.6. The van der Waals surface area contributed by atoms with Crippen molar-refractivity contribution in [1.29, 1.82) is 0 Å². The van der Waals surface area contributed by atoms with Crippen molar-refractivity contribution in [2.45, 2.75) is 132 Å². The van der Waals surface area contributed by atoms with Gasteiger partial charge in [-0.05, 0) is 239 Å². The van der Waals surface area contributed by atoms with E-state index in [9.17, 15) is 24.0 Å². The van der Waals surface area contributed by atoms with Crippen LogP contribution in [0.3, 0.4) is 0 Å². The normalized spacial score (nSPS) is 20.2. The van der Waals surface area contributed by atoms with Crippen LogP contribution in [0, 0.1) is 45.4 Å². The van der Waals surface area contributed by atoms with Gasteiger partial charge in [0, 0.05) is 156 Å². The number of carbonyl (C=O) groups excluding carboxylic acids is 5. The fourth-order valence-corrected chi connectivity index (χ4v) is 17.2. The molecule has 13 heteroatoms. The number of methoxy groups -OCH3 is 2. The Morgan fingerprint density at radius 2 is 0.595 bits per heavy atom. The van der Waals surface area contributed by atoms with E-state index in [0.717, 1.165) is 207 Å². The van der Waals surface area contributed by atoms with E-state index in [2.05, 4.69) is 213 Å². The first-order valence-corrected chi connectivity index (χ1v) is 46.7. The third kappa shape index (κ3) is 29.1. The number of pyridine rings is 2. The van der Waals surface area contributed by atoms with Crippen LogP contribution in [0.2, 0.25) is 0 Å². The van der Waals surface area contributed by atoms with E-state index in [4.69, 9.17) is 9.47 Å². The summed E-state index contributed by atoms with van der Waals surface area (Å²) < 4.78 is 11.0. The molecule has 2 aromatic heterocycles. The molecule has 4 saturated heterocycles. The first-order valence-electron chi connectivity index (χ1n) is 46.7. The van der Waals surface area contributed by atoms with Gasteiger partial charge in [0.25, 0.3) is 0 Å². The lowest BCUT2D eigenvalue weighted by Crippen LogP contribution is -2.39. The molecular weight excluding hydrogens is 1610 g/mol. The minimum Gasteiger partial charge on any atom is -0.496 e. The predicted molar refractivity (Wildman–Crippen MR) is 541 cm³/mol. The number of para-hydroxylation sites is 2. The van der Waals surface area contributed by atoms with E-state index in [0.29, 0.717) is 42.9 Å². The molecule has 0 bridgehead atoms. The molecule has 1 unspecified atom stereocenters. The minimum atomic E-state index is 0.0904. The molecule has 0 amide bonds. The van der Waals surface area contributed by atoms with E-state index < -0.39 is 0 Å². The van der Waals surface area contributed by atoms with Crippen molar-refractivity contribution in [2.75, 3.05) is 79.7 Å². The summed E-state index contributed by atoms with van der Waals surface area (Å²) in [5, 5.41) is 0. The van der Waals surface area contributed by atoms with E-state index in [-0.39, 0.29) is 28.9 Å². The van der Waals surface area contributed by atoms with Crippen LogP contribution in [0.5, 0.6) is 11.5 Å². The Morgan fingerprint density at radius 1 is 0.321 bits per heavy atom. The van der Waals surface area contributed by atoms with Gasteiger partial charge in [-0.3, -0.25) is 53.5 Å². The number of carbonyl (C=O) groups is 5. The largest absolute Gasteiger partial charge is 0.496 e. The zero-order valence-corrected chi connectivity index (χ0v) is 78.4. The Bertz CT molecular complexity index is 5630. The molecule has 0 N–H and O–H groups in total. The topological polar surface area (TPSA) is 143 Å². The van der Waals surface area contributed by atoms with Gasteiger partial charge in [0.15, 0.2) is 28.9 Å². The number of ether oxygens (including phenoxy) is 2. The maximum Gasteiger partial charge on any atom is 0.187 e. The molecule has 0 spiro atoms. The molecule has 1 atom stereocenters.